The summed E-state index contributed by atoms with van der Waals surface area (Å²) in [4.78, 5) is 20.1. The number of nitro benzene ring substituents is 2. The molecule has 2 aromatic carbocycles. The van der Waals surface area contributed by atoms with Gasteiger partial charge in [0.15, 0.2) is 0 Å². The van der Waals surface area contributed by atoms with Crippen LogP contribution in [0, 0.1) is 20.2 Å². The van der Waals surface area contributed by atoms with Crippen molar-refractivity contribution in [2.45, 2.75) is 0 Å². The van der Waals surface area contributed by atoms with Crippen molar-refractivity contribution in [1.82, 2.24) is 0 Å². The van der Waals surface area contributed by atoms with Crippen LogP contribution >= 0.6 is 0 Å². The van der Waals surface area contributed by atoms with Crippen LogP contribution in [-0.2, 0) is 0 Å². The second-order valence-electron chi connectivity index (χ2n) is 4.03. The Balaban J connectivity index is 2.12. The van der Waals surface area contributed by atoms with Gasteiger partial charge in [0.05, 0.1) is 9.85 Å². The summed E-state index contributed by atoms with van der Waals surface area (Å²) < 4.78 is 0. The Morgan fingerprint density at radius 1 is 0.650 bits per heavy atom. The summed E-state index contributed by atoms with van der Waals surface area (Å²) in [5.74, 6) is 0. The van der Waals surface area contributed by atoms with E-state index in [-0.39, 0.29) is 11.4 Å². The number of hydrogen-bond acceptors (Lipinski definition) is 4. The number of nitro groups is 2. The maximum atomic E-state index is 10.5. The quantitative estimate of drug-likeness (QED) is 0.481. The maximum absolute atomic E-state index is 10.5. The molecule has 6 nitrogen and oxygen atoms in total. The lowest BCUT2D eigenvalue weighted by atomic mass is 10.1. The highest BCUT2D eigenvalue weighted by Gasteiger charge is 2.03. The molecule has 2 rings (SSSR count). The minimum Gasteiger partial charge on any atom is -0.258 e. The molecule has 0 unspecified atom stereocenters. The lowest BCUT2D eigenvalue weighted by molar-refractivity contribution is -0.385. The fourth-order valence-electron chi connectivity index (χ4n) is 1.61. The van der Waals surface area contributed by atoms with Gasteiger partial charge in [-0.3, -0.25) is 20.2 Å². The molecule has 0 amide bonds. The van der Waals surface area contributed by atoms with Gasteiger partial charge >= 0.3 is 0 Å². The monoisotopic (exact) mass is 270 g/mol. The van der Waals surface area contributed by atoms with Crippen molar-refractivity contribution in [2.75, 3.05) is 0 Å². The van der Waals surface area contributed by atoms with E-state index in [1.807, 2.05) is 0 Å². The predicted octanol–water partition coefficient (Wildman–Crippen LogP) is 3.67. The van der Waals surface area contributed by atoms with E-state index in [1.54, 1.807) is 36.4 Å². The van der Waals surface area contributed by atoms with Crippen LogP contribution in [0.25, 0.3) is 12.2 Å². The third kappa shape index (κ3) is 3.26. The number of rotatable bonds is 4. The van der Waals surface area contributed by atoms with Gasteiger partial charge in [0.25, 0.3) is 11.4 Å². The molecule has 0 radical (unpaired) electrons. The summed E-state index contributed by atoms with van der Waals surface area (Å²) in [5.41, 5.74) is 1.71. The molecule has 2 aromatic rings. The molecule has 0 aliphatic heterocycles. The first-order chi connectivity index (χ1) is 9.56. The van der Waals surface area contributed by atoms with Crippen LogP contribution in [-0.4, -0.2) is 9.85 Å². The zero-order valence-corrected chi connectivity index (χ0v) is 10.3. The van der Waals surface area contributed by atoms with Crippen LogP contribution < -0.4 is 0 Å². The smallest absolute Gasteiger partial charge is 0.258 e. The van der Waals surface area contributed by atoms with Gasteiger partial charge in [0.2, 0.25) is 0 Å². The SMILES string of the molecule is O=[N+]([O-])c1ccc(/C=C/c2ccc([N+](=O)[O-])cc2)cc1. The first kappa shape index (κ1) is 13.4. The summed E-state index contributed by atoms with van der Waals surface area (Å²) in [5, 5.41) is 21.0. The van der Waals surface area contributed by atoms with E-state index in [0.29, 0.717) is 0 Å². The minimum absolute atomic E-state index is 0.0393. The van der Waals surface area contributed by atoms with Gasteiger partial charge in [-0.05, 0) is 35.4 Å². The van der Waals surface area contributed by atoms with Gasteiger partial charge in [-0.15, -0.1) is 0 Å². The summed E-state index contributed by atoms with van der Waals surface area (Å²) in [6.45, 7) is 0. The second kappa shape index (κ2) is 5.75. The fraction of sp³-hybridized carbons (Fsp3) is 0. The van der Waals surface area contributed by atoms with Crippen molar-refractivity contribution in [3.05, 3.63) is 79.9 Å². The Hall–Kier alpha value is -3.02. The van der Waals surface area contributed by atoms with E-state index in [9.17, 15) is 20.2 Å². The van der Waals surface area contributed by atoms with E-state index < -0.39 is 9.85 Å². The van der Waals surface area contributed by atoms with E-state index in [1.165, 1.54) is 24.3 Å². The van der Waals surface area contributed by atoms with Crippen LogP contribution in [0.15, 0.2) is 48.5 Å². The minimum atomic E-state index is -0.455. The highest BCUT2D eigenvalue weighted by atomic mass is 16.6. The molecular formula is C14H10N2O4. The Morgan fingerprint density at radius 3 is 1.20 bits per heavy atom. The van der Waals surface area contributed by atoms with Gasteiger partial charge in [-0.2, -0.15) is 0 Å². The number of benzene rings is 2. The summed E-state index contributed by atoms with van der Waals surface area (Å²) in [6.07, 6.45) is 3.57. The van der Waals surface area contributed by atoms with E-state index >= 15 is 0 Å². The molecule has 0 aromatic heterocycles. The van der Waals surface area contributed by atoms with Crippen molar-refractivity contribution in [3.8, 4) is 0 Å². The topological polar surface area (TPSA) is 86.3 Å². The Morgan fingerprint density at radius 2 is 0.950 bits per heavy atom. The third-order valence-corrected chi connectivity index (χ3v) is 2.68. The molecule has 0 saturated heterocycles. The molecule has 0 heterocycles. The van der Waals surface area contributed by atoms with Gasteiger partial charge in [-0.25, -0.2) is 0 Å². The number of non-ortho nitro benzene ring substituents is 2. The Kier molecular flexibility index (Phi) is 3.85. The van der Waals surface area contributed by atoms with E-state index in [4.69, 9.17) is 0 Å². The third-order valence-electron chi connectivity index (χ3n) is 2.68. The normalized spacial score (nSPS) is 10.6. The van der Waals surface area contributed by atoms with Crippen LogP contribution in [0.5, 0.6) is 0 Å². The van der Waals surface area contributed by atoms with Gasteiger partial charge < -0.3 is 0 Å². The van der Waals surface area contributed by atoms with E-state index in [0.717, 1.165) is 11.1 Å². The molecule has 0 aliphatic carbocycles. The average Bonchev–Trinajstić information content (AvgIpc) is 2.46. The maximum Gasteiger partial charge on any atom is 0.269 e. The molecule has 20 heavy (non-hydrogen) atoms. The molecule has 0 saturated carbocycles. The van der Waals surface area contributed by atoms with Crippen molar-refractivity contribution >= 4 is 23.5 Å². The van der Waals surface area contributed by atoms with Crippen molar-refractivity contribution in [1.29, 1.82) is 0 Å². The van der Waals surface area contributed by atoms with E-state index in [2.05, 4.69) is 0 Å². The van der Waals surface area contributed by atoms with Crippen molar-refractivity contribution in [2.24, 2.45) is 0 Å². The predicted molar refractivity (Wildman–Crippen MR) is 75.1 cm³/mol. The molecule has 0 aliphatic rings. The van der Waals surface area contributed by atoms with Crippen LogP contribution in [0.3, 0.4) is 0 Å². The molecule has 0 atom stereocenters. The first-order valence-electron chi connectivity index (χ1n) is 5.73. The molecular weight excluding hydrogens is 260 g/mol. The fourth-order valence-corrected chi connectivity index (χ4v) is 1.61. The molecule has 100 valence electrons. The molecule has 0 fully saturated rings. The van der Waals surface area contributed by atoms with Gasteiger partial charge in [0.1, 0.15) is 0 Å². The zero-order valence-electron chi connectivity index (χ0n) is 10.3. The van der Waals surface area contributed by atoms with Crippen LogP contribution in [0.1, 0.15) is 11.1 Å². The Bertz CT molecular complexity index is 601. The average molecular weight is 270 g/mol. The van der Waals surface area contributed by atoms with Gasteiger partial charge in [-0.1, -0.05) is 12.2 Å². The summed E-state index contributed by atoms with van der Waals surface area (Å²) in [6, 6.07) is 12.3. The van der Waals surface area contributed by atoms with Crippen molar-refractivity contribution in [3.63, 3.8) is 0 Å². The molecule has 0 bridgehead atoms. The summed E-state index contributed by atoms with van der Waals surface area (Å²) >= 11 is 0. The molecule has 6 heteroatoms. The lowest BCUT2D eigenvalue weighted by Gasteiger charge is -1.95. The second-order valence-corrected chi connectivity index (χ2v) is 4.03. The summed E-state index contributed by atoms with van der Waals surface area (Å²) in [7, 11) is 0. The van der Waals surface area contributed by atoms with Gasteiger partial charge in [0, 0.05) is 24.3 Å². The largest absolute Gasteiger partial charge is 0.269 e. The van der Waals surface area contributed by atoms with Crippen LogP contribution in [0.2, 0.25) is 0 Å². The molecule has 0 spiro atoms. The highest BCUT2D eigenvalue weighted by Crippen LogP contribution is 2.16. The zero-order chi connectivity index (χ0) is 14.5. The number of nitrogens with zero attached hydrogens (tertiary/aromatic N) is 2. The van der Waals surface area contributed by atoms with Crippen LogP contribution in [0.4, 0.5) is 11.4 Å². The van der Waals surface area contributed by atoms with Crippen molar-refractivity contribution < 1.29 is 9.85 Å². The lowest BCUT2D eigenvalue weighted by Crippen LogP contribution is -1.87. The highest BCUT2D eigenvalue weighted by molar-refractivity contribution is 5.70. The Labute approximate surface area is 114 Å². The first-order valence-corrected chi connectivity index (χ1v) is 5.73. The molecule has 0 N–H and O–H groups in total. The standard InChI is InChI=1S/C14H10N2O4/c17-15(18)13-7-3-11(4-8-13)1-2-12-5-9-14(10-6-12)16(19)20/h1-10H/b2-1+. The number of hydrogen-bond donors (Lipinski definition) is 0.